The van der Waals surface area contributed by atoms with Crippen LogP contribution in [0.1, 0.15) is 18.3 Å². The monoisotopic (exact) mass is 299 g/mol. The number of aryl methyl sites for hydroxylation is 1. The third-order valence-corrected chi connectivity index (χ3v) is 2.76. The zero-order valence-electron chi connectivity index (χ0n) is 11.4. The smallest absolute Gasteiger partial charge is 0.370 e. The fourth-order valence-corrected chi connectivity index (χ4v) is 1.89. The molecule has 112 valence electrons. The van der Waals surface area contributed by atoms with Crippen LogP contribution < -0.4 is 5.32 Å². The van der Waals surface area contributed by atoms with Crippen LogP contribution in [0.4, 0.5) is 23.4 Å². The van der Waals surface area contributed by atoms with Crippen molar-refractivity contribution in [3.63, 3.8) is 0 Å². The van der Waals surface area contributed by atoms with E-state index in [1.165, 1.54) is 12.1 Å². The van der Waals surface area contributed by atoms with Gasteiger partial charge in [-0.15, -0.1) is 0 Å². The summed E-state index contributed by atoms with van der Waals surface area (Å²) in [5.74, 6) is -0.372. The number of aromatic nitrogens is 2. The van der Waals surface area contributed by atoms with Crippen LogP contribution in [0.15, 0.2) is 24.3 Å². The number of halogens is 4. The average Bonchev–Trinajstić information content (AvgIpc) is 2.37. The molecule has 0 bridgehead atoms. The molecule has 0 aliphatic heterocycles. The van der Waals surface area contributed by atoms with Crippen LogP contribution in [0, 0.1) is 12.7 Å². The van der Waals surface area contributed by atoms with Crippen LogP contribution in [0.25, 0.3) is 11.3 Å². The first-order valence-electron chi connectivity index (χ1n) is 6.28. The van der Waals surface area contributed by atoms with Crippen LogP contribution >= 0.6 is 0 Å². The molecule has 3 nitrogen and oxygen atoms in total. The minimum Gasteiger partial charge on any atom is -0.370 e. The number of hydrogen-bond donors (Lipinski definition) is 1. The van der Waals surface area contributed by atoms with Crippen molar-refractivity contribution in [2.24, 2.45) is 0 Å². The quantitative estimate of drug-likeness (QED) is 0.869. The fourth-order valence-electron chi connectivity index (χ4n) is 1.89. The van der Waals surface area contributed by atoms with Crippen LogP contribution in [-0.2, 0) is 6.18 Å². The fraction of sp³-hybridized carbons (Fsp3) is 0.286. The van der Waals surface area contributed by atoms with E-state index in [0.717, 1.165) is 12.1 Å². The van der Waals surface area contributed by atoms with Crippen molar-refractivity contribution >= 4 is 5.82 Å². The highest BCUT2D eigenvalue weighted by atomic mass is 19.4. The molecule has 0 amide bonds. The van der Waals surface area contributed by atoms with Crippen molar-refractivity contribution in [1.29, 1.82) is 0 Å². The second-order valence-corrected chi connectivity index (χ2v) is 4.41. The van der Waals surface area contributed by atoms with Crippen molar-refractivity contribution in [2.45, 2.75) is 20.0 Å². The van der Waals surface area contributed by atoms with Gasteiger partial charge in [-0.05, 0) is 32.0 Å². The van der Waals surface area contributed by atoms with Gasteiger partial charge in [0.1, 0.15) is 17.5 Å². The predicted molar refractivity (Wildman–Crippen MR) is 71.3 cm³/mol. The zero-order chi connectivity index (χ0) is 15.6. The molecule has 1 aromatic heterocycles. The number of nitrogens with zero attached hydrogens (tertiary/aromatic N) is 2. The normalized spacial score (nSPS) is 11.5. The van der Waals surface area contributed by atoms with Gasteiger partial charge >= 0.3 is 6.18 Å². The maximum absolute atomic E-state index is 13.3. The van der Waals surface area contributed by atoms with E-state index in [1.54, 1.807) is 6.92 Å². The number of rotatable bonds is 3. The van der Waals surface area contributed by atoms with Gasteiger partial charge in [0.15, 0.2) is 0 Å². The Hall–Kier alpha value is -2.18. The molecule has 1 heterocycles. The minimum absolute atomic E-state index is 0.188. The molecule has 1 N–H and O–H groups in total. The van der Waals surface area contributed by atoms with Gasteiger partial charge in [0.2, 0.25) is 0 Å². The van der Waals surface area contributed by atoms with Crippen molar-refractivity contribution in [3.8, 4) is 11.3 Å². The summed E-state index contributed by atoms with van der Waals surface area (Å²) in [5.41, 5.74) is -0.807. The van der Waals surface area contributed by atoms with Crippen LogP contribution in [0.3, 0.4) is 0 Å². The Morgan fingerprint density at radius 2 is 1.86 bits per heavy atom. The summed E-state index contributed by atoms with van der Waals surface area (Å²) in [4.78, 5) is 8.22. The Morgan fingerprint density at radius 3 is 2.48 bits per heavy atom. The van der Waals surface area contributed by atoms with E-state index in [2.05, 4.69) is 15.3 Å². The molecule has 0 aliphatic rings. The molecule has 0 unspecified atom stereocenters. The molecule has 0 saturated carbocycles. The first-order chi connectivity index (χ1) is 9.81. The largest absolute Gasteiger partial charge is 0.419 e. The van der Waals surface area contributed by atoms with E-state index in [9.17, 15) is 17.6 Å². The summed E-state index contributed by atoms with van der Waals surface area (Å²) in [5, 5.41) is 2.97. The maximum atomic E-state index is 13.3. The summed E-state index contributed by atoms with van der Waals surface area (Å²) < 4.78 is 51.5. The van der Waals surface area contributed by atoms with Gasteiger partial charge in [0.05, 0.1) is 11.3 Å². The maximum Gasteiger partial charge on any atom is 0.419 e. The molecule has 2 rings (SSSR count). The average molecular weight is 299 g/mol. The van der Waals surface area contributed by atoms with E-state index >= 15 is 0 Å². The molecule has 0 atom stereocenters. The Morgan fingerprint density at radius 1 is 1.14 bits per heavy atom. The van der Waals surface area contributed by atoms with Gasteiger partial charge in [-0.2, -0.15) is 13.2 Å². The van der Waals surface area contributed by atoms with Crippen LogP contribution in [0.2, 0.25) is 0 Å². The van der Waals surface area contributed by atoms with Crippen molar-refractivity contribution in [1.82, 2.24) is 9.97 Å². The lowest BCUT2D eigenvalue weighted by molar-refractivity contribution is -0.139. The molecule has 0 saturated heterocycles. The summed E-state index contributed by atoms with van der Waals surface area (Å²) in [6.45, 7) is 4.13. The van der Waals surface area contributed by atoms with Gasteiger partial charge < -0.3 is 5.32 Å². The zero-order valence-corrected chi connectivity index (χ0v) is 11.4. The first-order valence-corrected chi connectivity index (χ1v) is 6.28. The topological polar surface area (TPSA) is 37.8 Å². The standard InChI is InChI=1S/C14H13F4N3/c1-3-19-13-7-12(20-8(2)21-13)9-4-5-11(15)10(6-9)14(16,17)18/h4-7H,3H2,1-2H3,(H,19,20,21). The Bertz CT molecular complexity index is 653. The summed E-state index contributed by atoms with van der Waals surface area (Å²) in [6, 6.07) is 4.35. The Labute approximate surface area is 119 Å². The minimum atomic E-state index is -4.74. The second kappa shape index (κ2) is 5.67. The van der Waals surface area contributed by atoms with Gasteiger partial charge in [-0.3, -0.25) is 0 Å². The van der Waals surface area contributed by atoms with Crippen LogP contribution in [0.5, 0.6) is 0 Å². The van der Waals surface area contributed by atoms with E-state index in [0.29, 0.717) is 23.9 Å². The number of alkyl halides is 3. The third kappa shape index (κ3) is 3.48. The van der Waals surface area contributed by atoms with Crippen LogP contribution in [-0.4, -0.2) is 16.5 Å². The van der Waals surface area contributed by atoms with Crippen molar-refractivity contribution in [2.75, 3.05) is 11.9 Å². The lowest BCUT2D eigenvalue weighted by Crippen LogP contribution is -2.08. The number of hydrogen-bond acceptors (Lipinski definition) is 3. The molecule has 2 aromatic rings. The van der Waals surface area contributed by atoms with Crippen molar-refractivity contribution < 1.29 is 17.6 Å². The number of nitrogens with one attached hydrogen (secondary N) is 1. The molecule has 0 spiro atoms. The summed E-state index contributed by atoms with van der Waals surface area (Å²) >= 11 is 0. The molecular formula is C14H13F4N3. The highest BCUT2D eigenvalue weighted by Gasteiger charge is 2.34. The molecule has 7 heteroatoms. The molecule has 0 radical (unpaired) electrons. The van der Waals surface area contributed by atoms with E-state index in [4.69, 9.17) is 0 Å². The van der Waals surface area contributed by atoms with E-state index in [-0.39, 0.29) is 5.56 Å². The SMILES string of the molecule is CCNc1cc(-c2ccc(F)c(C(F)(F)F)c2)nc(C)n1. The predicted octanol–water partition coefficient (Wildman–Crippen LogP) is 4.04. The van der Waals surface area contributed by atoms with Gasteiger partial charge in [0.25, 0.3) is 0 Å². The lowest BCUT2D eigenvalue weighted by Gasteiger charge is -2.11. The number of benzene rings is 1. The lowest BCUT2D eigenvalue weighted by atomic mass is 10.1. The second-order valence-electron chi connectivity index (χ2n) is 4.41. The summed E-state index contributed by atoms with van der Waals surface area (Å²) in [7, 11) is 0. The highest BCUT2D eigenvalue weighted by Crippen LogP contribution is 2.34. The number of anilines is 1. The molecule has 1 aromatic carbocycles. The van der Waals surface area contributed by atoms with Gasteiger partial charge in [-0.25, -0.2) is 14.4 Å². The molecule has 21 heavy (non-hydrogen) atoms. The first kappa shape index (κ1) is 15.2. The Balaban J connectivity index is 2.52. The molecule has 0 aliphatic carbocycles. The van der Waals surface area contributed by atoms with Gasteiger partial charge in [0, 0.05) is 18.2 Å². The third-order valence-electron chi connectivity index (χ3n) is 2.76. The van der Waals surface area contributed by atoms with Crippen molar-refractivity contribution in [3.05, 3.63) is 41.5 Å². The highest BCUT2D eigenvalue weighted by molar-refractivity contribution is 5.63. The molecule has 0 fully saturated rings. The van der Waals surface area contributed by atoms with Gasteiger partial charge in [-0.1, -0.05) is 0 Å². The Kier molecular flexibility index (Phi) is 4.11. The van der Waals surface area contributed by atoms with E-state index < -0.39 is 17.6 Å². The molecular weight excluding hydrogens is 286 g/mol. The summed E-state index contributed by atoms with van der Waals surface area (Å²) in [6.07, 6.45) is -4.74. The van der Waals surface area contributed by atoms with E-state index in [1.807, 2.05) is 6.92 Å².